The molecule has 2 fully saturated rings. The van der Waals surface area contributed by atoms with Gasteiger partial charge in [0.05, 0.1) is 12.3 Å². The third kappa shape index (κ3) is 15.3. The van der Waals surface area contributed by atoms with Gasteiger partial charge in [0.2, 0.25) is 11.8 Å². The van der Waals surface area contributed by atoms with Gasteiger partial charge in [0.15, 0.2) is 0 Å². The molecule has 1 aromatic heterocycles. The van der Waals surface area contributed by atoms with Crippen molar-refractivity contribution in [2.45, 2.75) is 226 Å². The number of likely N-dealkylation sites (tertiary alicyclic amines) is 1. The second-order valence-electron chi connectivity index (χ2n) is 30.0. The predicted octanol–water partition coefficient (Wildman–Crippen LogP) is 14.2. The molecule has 0 radical (unpaired) electrons. The molecule has 5 aliphatic rings. The number of rotatable bonds is 7. The van der Waals surface area contributed by atoms with Gasteiger partial charge >= 0.3 is 12.2 Å². The number of piperazine rings is 1. The zero-order valence-corrected chi connectivity index (χ0v) is 54.0. The number of hydrogen-bond donors (Lipinski definition) is 3. The van der Waals surface area contributed by atoms with Crippen molar-refractivity contribution in [2.75, 3.05) is 50.7 Å². The Hall–Kier alpha value is -5.47. The van der Waals surface area contributed by atoms with Crippen LogP contribution in [0, 0.1) is 5.92 Å². The summed E-state index contributed by atoms with van der Waals surface area (Å²) in [6.07, 6.45) is 9.05. The van der Waals surface area contributed by atoms with Gasteiger partial charge in [-0.25, -0.2) is 14.6 Å². The zero-order chi connectivity index (χ0) is 60.8. The Bertz CT molecular complexity index is 2960. The molecular weight excluding hydrogens is 1040 g/mol. The summed E-state index contributed by atoms with van der Waals surface area (Å²) in [5.41, 5.74) is 16.7. The van der Waals surface area contributed by atoms with E-state index in [2.05, 4.69) is 141 Å². The number of amides is 3. The van der Waals surface area contributed by atoms with E-state index < -0.39 is 17.3 Å². The van der Waals surface area contributed by atoms with Crippen LogP contribution in [0.4, 0.5) is 15.5 Å². The average Bonchev–Trinajstić information content (AvgIpc) is 1.47. The summed E-state index contributed by atoms with van der Waals surface area (Å²) in [5, 5.41) is 13.6. The molecule has 3 aromatic carbocycles. The van der Waals surface area contributed by atoms with E-state index in [-0.39, 0.29) is 63.0 Å². The maximum absolute atomic E-state index is 12.9. The Morgan fingerprint density at radius 1 is 0.610 bits per heavy atom. The maximum Gasteiger partial charge on any atom is 0.410 e. The summed E-state index contributed by atoms with van der Waals surface area (Å²) in [6, 6.07) is 19.2. The Balaban J connectivity index is 0.000000186. The molecule has 0 saturated carbocycles. The molecule has 3 heterocycles. The fourth-order valence-electron chi connectivity index (χ4n) is 12.4. The molecule has 14 heteroatoms. The molecule has 2 saturated heterocycles. The van der Waals surface area contributed by atoms with E-state index in [1.165, 1.54) is 59.1 Å². The number of fused-ring (bicyclic) bond motifs is 3. The number of carbonyl (C=O) groups is 3. The van der Waals surface area contributed by atoms with Crippen LogP contribution in [-0.2, 0) is 42.0 Å². The van der Waals surface area contributed by atoms with Crippen LogP contribution < -0.4 is 16.0 Å². The minimum Gasteiger partial charge on any atom is -0.444 e. The molecule has 3 amide bonds. The van der Waals surface area contributed by atoms with Crippen LogP contribution in [0.15, 0.2) is 65.2 Å². The molecule has 1 atom stereocenters. The molecule has 0 bridgehead atoms. The molecule has 9 rings (SSSR count). The number of anilines is 1. The van der Waals surface area contributed by atoms with E-state index in [1.807, 2.05) is 53.7 Å². The molecule has 13 nitrogen and oxygen atoms in total. The molecule has 4 N–H and O–H groups in total. The van der Waals surface area contributed by atoms with Crippen molar-refractivity contribution in [3.05, 3.63) is 105 Å². The molecule has 0 spiro atoms. The summed E-state index contributed by atoms with van der Waals surface area (Å²) in [4.78, 5) is 48.1. The number of piperidine rings is 1. The standard InChI is InChI=1S/C27H42N2O4.C26H37N3O3.C15H21NS/c1-25(2,3)33-24(32)29-14-10-18(11-15-29)22(30)17-28-23(31)19-8-9-20-21(16-19)27(6,7)13-12-26(20,4)5;1-24(2,3)32-23(30)29-14-12-28(13-15-29)21-17-27-22(31-21)18-8-9-19-20(16-18)26(6,7)11-10-25(19,4)5;1-14(2)7-8-15(3,4)12-9-10(13(16)17)5-6-11(12)14/h8-9,16,18,22,30H,10-15,17H2,1-7H3,(H,28,31);8-9,16-17H,10-15H2,1-7H3;5-6,9H,7-8H2,1-4H3,(H2,16,17). The van der Waals surface area contributed by atoms with Gasteiger partial charge < -0.3 is 44.7 Å². The van der Waals surface area contributed by atoms with Crippen molar-refractivity contribution >= 4 is 41.2 Å². The predicted molar refractivity (Wildman–Crippen MR) is 335 cm³/mol. The Labute approximate surface area is 497 Å². The number of aromatic nitrogens is 1. The first kappa shape index (κ1) is 64.1. The number of ether oxygens (including phenoxy) is 2. The van der Waals surface area contributed by atoms with Crippen molar-refractivity contribution in [1.82, 2.24) is 20.1 Å². The lowest BCUT2D eigenvalue weighted by molar-refractivity contribution is 0.00819. The SMILES string of the molecule is CC(C)(C)OC(=O)N1CCC(C(O)CNC(=O)c2ccc3c(c2)C(C)(C)CCC3(C)C)CC1.CC(C)(C)OC(=O)N1CCN(c2cnc(-c3ccc4c(c3)C(C)(C)CCC4(C)C)o2)CC1.CC1(C)CCC(C)(C)c2cc(C(N)=S)ccc21. The first-order valence-electron chi connectivity index (χ1n) is 30.2. The van der Waals surface area contributed by atoms with Crippen LogP contribution >= 0.6 is 12.2 Å². The summed E-state index contributed by atoms with van der Waals surface area (Å²) >= 11 is 5.08. The van der Waals surface area contributed by atoms with E-state index in [1.54, 1.807) is 16.0 Å². The van der Waals surface area contributed by atoms with Crippen LogP contribution in [0.2, 0.25) is 0 Å². The molecule has 4 aromatic rings. The fraction of sp³-hybridized carbons (Fsp3) is 0.632. The number of benzene rings is 3. The van der Waals surface area contributed by atoms with Crippen molar-refractivity contribution in [2.24, 2.45) is 11.7 Å². The largest absolute Gasteiger partial charge is 0.444 e. The lowest BCUT2D eigenvalue weighted by Gasteiger charge is -2.42. The van der Waals surface area contributed by atoms with Gasteiger partial charge in [0, 0.05) is 62.5 Å². The van der Waals surface area contributed by atoms with E-state index in [0.29, 0.717) is 68.6 Å². The first-order valence-corrected chi connectivity index (χ1v) is 30.6. The number of aliphatic hydroxyl groups is 1. The molecule has 3 aliphatic carbocycles. The van der Waals surface area contributed by atoms with Crippen LogP contribution in [0.1, 0.15) is 225 Å². The number of thiocarbonyl (C=S) groups is 1. The monoisotopic (exact) mass is 1140 g/mol. The Morgan fingerprint density at radius 3 is 1.44 bits per heavy atom. The van der Waals surface area contributed by atoms with Gasteiger partial charge in [-0.2, -0.15) is 0 Å². The van der Waals surface area contributed by atoms with Crippen LogP contribution in [0.3, 0.4) is 0 Å². The Morgan fingerprint density at radius 2 is 1.00 bits per heavy atom. The molecular formula is C68H100N6O7S. The number of nitrogens with one attached hydrogen (secondary N) is 1. The van der Waals surface area contributed by atoms with E-state index in [0.717, 1.165) is 29.9 Å². The Kier molecular flexibility index (Phi) is 18.7. The quantitative estimate of drug-likeness (QED) is 0.151. The highest BCUT2D eigenvalue weighted by Gasteiger charge is 2.40. The average molecular weight is 1150 g/mol. The van der Waals surface area contributed by atoms with E-state index >= 15 is 0 Å². The normalized spacial score (nSPS) is 20.6. The lowest BCUT2D eigenvalue weighted by Crippen LogP contribution is -2.50. The summed E-state index contributed by atoms with van der Waals surface area (Å²) in [6.45, 7) is 42.8. The number of hydrogen-bond acceptors (Lipinski definition) is 10. The maximum atomic E-state index is 12.9. The van der Waals surface area contributed by atoms with Gasteiger partial charge in [0.25, 0.3) is 5.91 Å². The van der Waals surface area contributed by atoms with Crippen molar-refractivity contribution in [1.29, 1.82) is 0 Å². The highest BCUT2D eigenvalue weighted by Crippen LogP contribution is 2.49. The highest BCUT2D eigenvalue weighted by atomic mass is 32.1. The van der Waals surface area contributed by atoms with Crippen LogP contribution in [-0.4, -0.2) is 106 Å². The van der Waals surface area contributed by atoms with Gasteiger partial charge in [-0.05, 0) is 195 Å². The van der Waals surface area contributed by atoms with Gasteiger partial charge in [-0.3, -0.25) is 4.79 Å². The van der Waals surface area contributed by atoms with Crippen LogP contribution in [0.5, 0.6) is 0 Å². The number of oxazole rings is 1. The van der Waals surface area contributed by atoms with Gasteiger partial charge in [0.1, 0.15) is 16.2 Å². The van der Waals surface area contributed by atoms with Crippen molar-refractivity contribution in [3.8, 4) is 11.5 Å². The molecule has 1 unspecified atom stereocenters. The first-order chi connectivity index (χ1) is 37.8. The van der Waals surface area contributed by atoms with E-state index in [4.69, 9.17) is 31.8 Å². The number of carbonyl (C=O) groups excluding carboxylic acids is 3. The number of nitrogens with two attached hydrogens (primary N) is 1. The summed E-state index contributed by atoms with van der Waals surface area (Å²) < 4.78 is 17.1. The third-order valence-corrected chi connectivity index (χ3v) is 18.5. The van der Waals surface area contributed by atoms with Gasteiger partial charge in [-0.15, -0.1) is 0 Å². The number of nitrogens with zero attached hydrogens (tertiary/aromatic N) is 4. The summed E-state index contributed by atoms with van der Waals surface area (Å²) in [7, 11) is 0. The highest BCUT2D eigenvalue weighted by molar-refractivity contribution is 7.80. The van der Waals surface area contributed by atoms with Gasteiger partial charge in [-0.1, -0.05) is 120 Å². The topological polar surface area (TPSA) is 164 Å². The van der Waals surface area contributed by atoms with E-state index in [9.17, 15) is 19.5 Å². The summed E-state index contributed by atoms with van der Waals surface area (Å²) in [5.74, 6) is 1.30. The molecule has 450 valence electrons. The second-order valence-corrected chi connectivity index (χ2v) is 30.4. The zero-order valence-electron chi connectivity index (χ0n) is 53.2. The fourth-order valence-corrected chi connectivity index (χ4v) is 12.6. The van der Waals surface area contributed by atoms with Crippen molar-refractivity contribution < 1.29 is 33.4 Å². The number of aliphatic hydroxyl groups excluding tert-OH is 1. The molecule has 82 heavy (non-hydrogen) atoms. The minimum atomic E-state index is -0.636. The van der Waals surface area contributed by atoms with Crippen LogP contribution in [0.25, 0.3) is 11.5 Å². The van der Waals surface area contributed by atoms with Crippen molar-refractivity contribution in [3.63, 3.8) is 0 Å². The molecule has 2 aliphatic heterocycles. The smallest absolute Gasteiger partial charge is 0.410 e. The minimum absolute atomic E-state index is 0.0444. The second kappa shape index (κ2) is 23.9. The lowest BCUT2D eigenvalue weighted by atomic mass is 9.63. The third-order valence-electron chi connectivity index (χ3n) is 18.3.